The van der Waals surface area contributed by atoms with E-state index in [0.717, 1.165) is 0 Å². The average Bonchev–Trinajstić information content (AvgIpc) is 2.00. The van der Waals surface area contributed by atoms with Crippen LogP contribution in [0.25, 0.3) is 0 Å². The number of halogens is 2. The molecule has 0 amide bonds. The molecule has 0 aromatic rings. The molecule has 0 rings (SSSR count). The topological polar surface area (TPSA) is 17.1 Å². The number of alkyl halides is 1. The van der Waals surface area contributed by atoms with Crippen molar-refractivity contribution >= 4 is 22.2 Å². The van der Waals surface area contributed by atoms with E-state index < -0.39 is 5.83 Å². The summed E-state index contributed by atoms with van der Waals surface area (Å²) in [5.41, 5.74) is 0.112. The van der Waals surface area contributed by atoms with Crippen molar-refractivity contribution in [1.29, 1.82) is 0 Å². The molecule has 0 aliphatic rings. The Labute approximate surface area is 80.5 Å². The van der Waals surface area contributed by atoms with Crippen molar-refractivity contribution < 1.29 is 9.18 Å². The Morgan fingerprint density at radius 3 is 2.58 bits per heavy atom. The van der Waals surface area contributed by atoms with Crippen molar-refractivity contribution in [2.45, 2.75) is 25.1 Å². The standard InChI is InChI=1S/C9H12BrFO/c1-3-4-9(11)8(6-12)5-7(2)10/h4-7H,3H2,1-2H3/b8-5-,9-4?. The molecule has 0 fully saturated rings. The second kappa shape index (κ2) is 6.12. The van der Waals surface area contributed by atoms with Gasteiger partial charge in [0.05, 0.1) is 0 Å². The Morgan fingerprint density at radius 2 is 2.25 bits per heavy atom. The van der Waals surface area contributed by atoms with Crippen LogP contribution < -0.4 is 0 Å². The second-order valence-corrected chi connectivity index (χ2v) is 3.82. The van der Waals surface area contributed by atoms with Gasteiger partial charge in [0.1, 0.15) is 5.83 Å². The molecule has 1 unspecified atom stereocenters. The van der Waals surface area contributed by atoms with E-state index in [-0.39, 0.29) is 10.4 Å². The van der Waals surface area contributed by atoms with Gasteiger partial charge >= 0.3 is 0 Å². The Morgan fingerprint density at radius 1 is 1.67 bits per heavy atom. The van der Waals surface area contributed by atoms with Crippen LogP contribution in [0.1, 0.15) is 20.3 Å². The second-order valence-electron chi connectivity index (χ2n) is 2.38. The highest BCUT2D eigenvalue weighted by atomic mass is 79.9. The third kappa shape index (κ3) is 4.44. The molecule has 0 aliphatic carbocycles. The summed E-state index contributed by atoms with van der Waals surface area (Å²) >= 11 is 3.21. The molecule has 0 saturated carbocycles. The number of rotatable bonds is 4. The SMILES string of the molecule is CCC=C(F)/C(C=O)=C\C(C)Br. The minimum absolute atomic E-state index is 0.00806. The summed E-state index contributed by atoms with van der Waals surface area (Å²) in [6.07, 6.45) is 4.04. The molecule has 0 heterocycles. The van der Waals surface area contributed by atoms with Gasteiger partial charge in [-0.15, -0.1) is 0 Å². The molecule has 0 radical (unpaired) electrons. The minimum atomic E-state index is -0.446. The fourth-order valence-corrected chi connectivity index (χ4v) is 1.00. The maximum Gasteiger partial charge on any atom is 0.152 e. The zero-order chi connectivity index (χ0) is 9.56. The van der Waals surface area contributed by atoms with E-state index in [1.165, 1.54) is 12.2 Å². The highest BCUT2D eigenvalue weighted by Gasteiger charge is 2.03. The zero-order valence-electron chi connectivity index (χ0n) is 7.18. The maximum absolute atomic E-state index is 13.0. The molecule has 0 saturated heterocycles. The lowest BCUT2D eigenvalue weighted by Crippen LogP contribution is -1.91. The monoisotopic (exact) mass is 234 g/mol. The molecule has 0 spiro atoms. The number of aldehydes is 1. The van der Waals surface area contributed by atoms with Gasteiger partial charge in [-0.1, -0.05) is 28.9 Å². The first-order valence-electron chi connectivity index (χ1n) is 3.78. The van der Waals surface area contributed by atoms with Gasteiger partial charge in [-0.2, -0.15) is 0 Å². The lowest BCUT2D eigenvalue weighted by Gasteiger charge is -1.97. The van der Waals surface area contributed by atoms with Crippen LogP contribution >= 0.6 is 15.9 Å². The highest BCUT2D eigenvalue weighted by molar-refractivity contribution is 9.09. The van der Waals surface area contributed by atoms with E-state index in [1.54, 1.807) is 0 Å². The van der Waals surface area contributed by atoms with Crippen LogP contribution in [0.4, 0.5) is 4.39 Å². The van der Waals surface area contributed by atoms with Crippen molar-refractivity contribution in [2.75, 3.05) is 0 Å². The number of carbonyl (C=O) groups is 1. The molecule has 68 valence electrons. The van der Waals surface area contributed by atoms with Gasteiger partial charge in [0, 0.05) is 10.4 Å². The molecule has 0 aromatic heterocycles. The summed E-state index contributed by atoms with van der Waals surface area (Å²) in [6, 6.07) is 0. The molecule has 0 aliphatic heterocycles. The van der Waals surface area contributed by atoms with Crippen molar-refractivity contribution in [1.82, 2.24) is 0 Å². The molecule has 0 N–H and O–H groups in total. The Kier molecular flexibility index (Phi) is 5.89. The lowest BCUT2D eigenvalue weighted by molar-refractivity contribution is -0.104. The minimum Gasteiger partial charge on any atom is -0.298 e. The third-order valence-corrected chi connectivity index (χ3v) is 1.46. The van der Waals surface area contributed by atoms with E-state index in [2.05, 4.69) is 15.9 Å². The molecular weight excluding hydrogens is 223 g/mol. The molecule has 0 bridgehead atoms. The van der Waals surface area contributed by atoms with Gasteiger partial charge in [0.25, 0.3) is 0 Å². The summed E-state index contributed by atoms with van der Waals surface area (Å²) in [7, 11) is 0. The normalized spacial score (nSPS) is 16.0. The Hall–Kier alpha value is -0.440. The molecule has 0 aromatic carbocycles. The number of hydrogen-bond donors (Lipinski definition) is 0. The quantitative estimate of drug-likeness (QED) is 0.316. The van der Waals surface area contributed by atoms with Crippen LogP contribution in [0.3, 0.4) is 0 Å². The van der Waals surface area contributed by atoms with Crippen molar-refractivity contribution in [3.05, 3.63) is 23.6 Å². The van der Waals surface area contributed by atoms with Gasteiger partial charge in [-0.05, 0) is 19.4 Å². The first kappa shape index (κ1) is 11.6. The van der Waals surface area contributed by atoms with E-state index in [4.69, 9.17) is 0 Å². The molecule has 1 atom stereocenters. The summed E-state index contributed by atoms with van der Waals surface area (Å²) in [5.74, 6) is -0.446. The average molecular weight is 235 g/mol. The van der Waals surface area contributed by atoms with Crippen molar-refractivity contribution in [2.24, 2.45) is 0 Å². The van der Waals surface area contributed by atoms with Gasteiger partial charge in [0.2, 0.25) is 0 Å². The van der Waals surface area contributed by atoms with Crippen molar-refractivity contribution in [3.63, 3.8) is 0 Å². The number of hydrogen-bond acceptors (Lipinski definition) is 1. The van der Waals surface area contributed by atoms with E-state index in [9.17, 15) is 9.18 Å². The lowest BCUT2D eigenvalue weighted by atomic mass is 10.2. The molecular formula is C9H12BrFO. The van der Waals surface area contributed by atoms with Crippen LogP contribution in [0.5, 0.6) is 0 Å². The number of carbonyl (C=O) groups excluding carboxylic acids is 1. The zero-order valence-corrected chi connectivity index (χ0v) is 8.77. The highest BCUT2D eigenvalue weighted by Crippen LogP contribution is 2.13. The summed E-state index contributed by atoms with van der Waals surface area (Å²) < 4.78 is 13.0. The molecule has 3 heteroatoms. The van der Waals surface area contributed by atoms with Crippen LogP contribution in [-0.4, -0.2) is 11.1 Å². The van der Waals surface area contributed by atoms with Gasteiger partial charge in [-0.3, -0.25) is 4.79 Å². The predicted molar refractivity (Wildman–Crippen MR) is 52.0 cm³/mol. The maximum atomic E-state index is 13.0. The first-order valence-corrected chi connectivity index (χ1v) is 4.70. The van der Waals surface area contributed by atoms with Gasteiger partial charge < -0.3 is 0 Å². The van der Waals surface area contributed by atoms with E-state index in [0.29, 0.717) is 12.7 Å². The Bertz CT molecular complexity index is 207. The number of allylic oxidation sites excluding steroid dienone is 4. The molecule has 1 nitrogen and oxygen atoms in total. The predicted octanol–water partition coefficient (Wildman–Crippen LogP) is 3.16. The summed E-state index contributed by atoms with van der Waals surface area (Å²) in [4.78, 5) is 10.4. The van der Waals surface area contributed by atoms with Crippen LogP contribution in [0, 0.1) is 0 Å². The third-order valence-electron chi connectivity index (χ3n) is 1.20. The van der Waals surface area contributed by atoms with Gasteiger partial charge in [-0.25, -0.2) is 4.39 Å². The van der Waals surface area contributed by atoms with Crippen LogP contribution in [0.2, 0.25) is 0 Å². The summed E-state index contributed by atoms with van der Waals surface area (Å²) in [5, 5.41) is 0. The largest absolute Gasteiger partial charge is 0.298 e. The van der Waals surface area contributed by atoms with Crippen molar-refractivity contribution in [3.8, 4) is 0 Å². The molecule has 12 heavy (non-hydrogen) atoms. The smallest absolute Gasteiger partial charge is 0.152 e. The fraction of sp³-hybridized carbons (Fsp3) is 0.444. The fourth-order valence-electron chi connectivity index (χ4n) is 0.720. The van der Waals surface area contributed by atoms with Crippen LogP contribution in [-0.2, 0) is 4.79 Å². The van der Waals surface area contributed by atoms with E-state index in [1.807, 2.05) is 13.8 Å². The van der Waals surface area contributed by atoms with Crippen LogP contribution in [0.15, 0.2) is 23.6 Å². The summed E-state index contributed by atoms with van der Waals surface area (Å²) in [6.45, 7) is 3.64. The Balaban J connectivity index is 4.55. The first-order chi connectivity index (χ1) is 5.61. The van der Waals surface area contributed by atoms with Gasteiger partial charge in [0.15, 0.2) is 6.29 Å². The van der Waals surface area contributed by atoms with E-state index >= 15 is 0 Å².